The number of halogens is 1. The van der Waals surface area contributed by atoms with E-state index in [1.807, 2.05) is 0 Å². The summed E-state index contributed by atoms with van der Waals surface area (Å²) in [4.78, 5) is 34.9. The molecule has 2 aromatic carbocycles. The topological polar surface area (TPSA) is 149 Å². The standard InChI is InChI=1S/C20H19ClN6O4/c1-23-25-12-27(22)17-8-5-15(21)10-14(17)4-9-18(28)24-11-19(29)26-16-6-2-13(3-7-16)20(30)31/h2-10,12H,1,11,22H2,(H,24,28)(H,26,29)(H,30,31)/b9-4+,25-12-. The van der Waals surface area contributed by atoms with E-state index in [2.05, 4.69) is 27.6 Å². The van der Waals surface area contributed by atoms with Gasteiger partial charge in [-0.25, -0.2) is 10.6 Å². The van der Waals surface area contributed by atoms with E-state index in [1.165, 1.54) is 47.8 Å². The largest absolute Gasteiger partial charge is 0.478 e. The predicted molar refractivity (Wildman–Crippen MR) is 120 cm³/mol. The van der Waals surface area contributed by atoms with Crippen LogP contribution < -0.4 is 21.5 Å². The van der Waals surface area contributed by atoms with Crippen molar-refractivity contribution in [3.8, 4) is 0 Å². The Balaban J connectivity index is 1.95. The first-order valence-corrected chi connectivity index (χ1v) is 9.09. The van der Waals surface area contributed by atoms with Crippen molar-refractivity contribution in [2.24, 2.45) is 16.0 Å². The molecule has 11 heteroatoms. The van der Waals surface area contributed by atoms with Gasteiger partial charge in [0.1, 0.15) is 6.34 Å². The highest BCUT2D eigenvalue weighted by atomic mass is 35.5. The number of carbonyl (C=O) groups is 3. The number of hydrogen-bond donors (Lipinski definition) is 4. The van der Waals surface area contributed by atoms with Gasteiger partial charge in [-0.05, 0) is 48.5 Å². The van der Waals surface area contributed by atoms with Crippen LogP contribution in [0.25, 0.3) is 6.08 Å². The Morgan fingerprint density at radius 2 is 1.90 bits per heavy atom. The third-order valence-electron chi connectivity index (χ3n) is 3.78. The lowest BCUT2D eigenvalue weighted by molar-refractivity contribution is -0.121. The first-order chi connectivity index (χ1) is 14.8. The molecule has 5 N–H and O–H groups in total. The highest BCUT2D eigenvalue weighted by molar-refractivity contribution is 6.30. The van der Waals surface area contributed by atoms with Crippen LogP contribution in [0.2, 0.25) is 5.02 Å². The van der Waals surface area contributed by atoms with E-state index in [0.717, 1.165) is 0 Å². The van der Waals surface area contributed by atoms with Crippen molar-refractivity contribution in [2.75, 3.05) is 16.9 Å². The molecule has 10 nitrogen and oxygen atoms in total. The number of benzene rings is 2. The molecule has 0 aliphatic rings. The summed E-state index contributed by atoms with van der Waals surface area (Å²) in [7, 11) is 0. The van der Waals surface area contributed by atoms with E-state index in [4.69, 9.17) is 22.6 Å². The lowest BCUT2D eigenvalue weighted by Gasteiger charge is -2.15. The first-order valence-electron chi connectivity index (χ1n) is 8.72. The number of hydrazine groups is 1. The number of nitrogens with one attached hydrogen (secondary N) is 2. The van der Waals surface area contributed by atoms with E-state index >= 15 is 0 Å². The summed E-state index contributed by atoms with van der Waals surface area (Å²) in [6.07, 6.45) is 3.94. The van der Waals surface area contributed by atoms with Gasteiger partial charge >= 0.3 is 5.97 Å². The van der Waals surface area contributed by atoms with E-state index < -0.39 is 17.8 Å². The number of aromatic carboxylic acids is 1. The molecular weight excluding hydrogens is 424 g/mol. The molecule has 0 heterocycles. The van der Waals surface area contributed by atoms with Crippen LogP contribution in [0.15, 0.2) is 58.7 Å². The molecule has 2 rings (SSSR count). The summed E-state index contributed by atoms with van der Waals surface area (Å²) in [5.74, 6) is 3.80. The molecule has 0 fully saturated rings. The minimum absolute atomic E-state index is 0.0971. The number of hydrogen-bond acceptors (Lipinski definition) is 6. The Labute approximate surface area is 182 Å². The number of amides is 2. The van der Waals surface area contributed by atoms with Gasteiger partial charge in [0.05, 0.1) is 17.8 Å². The van der Waals surface area contributed by atoms with Crippen molar-refractivity contribution in [3.63, 3.8) is 0 Å². The minimum Gasteiger partial charge on any atom is -0.478 e. The Hall–Kier alpha value is -4.02. The summed E-state index contributed by atoms with van der Waals surface area (Å²) < 4.78 is 0. The molecule has 0 atom stereocenters. The van der Waals surface area contributed by atoms with Crippen LogP contribution in [0.3, 0.4) is 0 Å². The summed E-state index contributed by atoms with van der Waals surface area (Å²) in [6, 6.07) is 10.5. The van der Waals surface area contributed by atoms with Crippen molar-refractivity contribution >= 4 is 59.9 Å². The van der Waals surface area contributed by atoms with Crippen LogP contribution in [0.5, 0.6) is 0 Å². The van der Waals surface area contributed by atoms with Gasteiger partial charge in [0, 0.05) is 29.1 Å². The van der Waals surface area contributed by atoms with Crippen molar-refractivity contribution < 1.29 is 19.5 Å². The fraction of sp³-hybridized carbons (Fsp3) is 0.0500. The van der Waals surface area contributed by atoms with Gasteiger partial charge in [-0.2, -0.15) is 5.10 Å². The summed E-state index contributed by atoms with van der Waals surface area (Å²) in [6.45, 7) is 2.93. The Bertz CT molecular complexity index is 1040. The number of nitrogens with two attached hydrogens (primary N) is 1. The lowest BCUT2D eigenvalue weighted by Crippen LogP contribution is -2.31. The zero-order valence-electron chi connectivity index (χ0n) is 16.2. The number of carbonyl (C=O) groups excluding carboxylic acids is 2. The zero-order valence-corrected chi connectivity index (χ0v) is 16.9. The maximum atomic E-state index is 12.1. The molecule has 0 aromatic heterocycles. The van der Waals surface area contributed by atoms with Crippen molar-refractivity contribution in [2.45, 2.75) is 0 Å². The van der Waals surface area contributed by atoms with Crippen LogP contribution in [0, 0.1) is 0 Å². The van der Waals surface area contributed by atoms with Crippen molar-refractivity contribution in [1.29, 1.82) is 0 Å². The quantitative estimate of drug-likeness (QED) is 0.153. The molecule has 0 saturated heterocycles. The second-order valence-electron chi connectivity index (χ2n) is 5.96. The van der Waals surface area contributed by atoms with E-state index in [-0.39, 0.29) is 12.1 Å². The SMILES string of the molecule is C=N/N=C\N(N)c1ccc(Cl)cc1/C=C/C(=O)NCC(=O)Nc1ccc(C(=O)O)cc1. The van der Waals surface area contributed by atoms with Crippen LogP contribution in [-0.4, -0.2) is 42.5 Å². The van der Waals surface area contributed by atoms with Gasteiger partial charge in [-0.15, -0.1) is 5.10 Å². The predicted octanol–water partition coefficient (Wildman–Crippen LogP) is 2.13. The van der Waals surface area contributed by atoms with Gasteiger partial charge in [-0.1, -0.05) is 11.6 Å². The highest BCUT2D eigenvalue weighted by Crippen LogP contribution is 2.23. The second kappa shape index (κ2) is 11.2. The molecule has 0 spiro atoms. The molecular formula is C20H19ClN6O4. The van der Waals surface area contributed by atoms with E-state index in [9.17, 15) is 14.4 Å². The van der Waals surface area contributed by atoms with Gasteiger partial charge in [0.2, 0.25) is 11.8 Å². The first kappa shape index (κ1) is 23.3. The number of carboxylic acid groups (broad SMARTS) is 1. The molecule has 0 aliphatic heterocycles. The smallest absolute Gasteiger partial charge is 0.335 e. The van der Waals surface area contributed by atoms with Gasteiger partial charge in [-0.3, -0.25) is 14.6 Å². The van der Waals surface area contributed by atoms with Crippen LogP contribution in [-0.2, 0) is 9.59 Å². The van der Waals surface area contributed by atoms with Crippen LogP contribution in [0.4, 0.5) is 11.4 Å². The third kappa shape index (κ3) is 7.38. The molecule has 0 unspecified atom stereocenters. The zero-order chi connectivity index (χ0) is 22.8. The number of rotatable bonds is 9. The fourth-order valence-corrected chi connectivity index (χ4v) is 2.52. The monoisotopic (exact) mass is 442 g/mol. The molecule has 31 heavy (non-hydrogen) atoms. The lowest BCUT2D eigenvalue weighted by atomic mass is 10.1. The molecule has 0 bridgehead atoms. The molecule has 160 valence electrons. The van der Waals surface area contributed by atoms with Crippen LogP contribution >= 0.6 is 11.6 Å². The molecule has 0 radical (unpaired) electrons. The molecule has 2 aromatic rings. The normalized spacial score (nSPS) is 10.8. The maximum absolute atomic E-state index is 12.1. The highest BCUT2D eigenvalue weighted by Gasteiger charge is 2.08. The summed E-state index contributed by atoms with van der Waals surface area (Å²) in [5, 5.41) is 22.4. The molecule has 2 amide bonds. The molecule has 0 aliphatic carbocycles. The van der Waals surface area contributed by atoms with E-state index in [1.54, 1.807) is 18.2 Å². The van der Waals surface area contributed by atoms with Gasteiger partial charge in [0.15, 0.2) is 0 Å². The number of nitrogens with zero attached hydrogens (tertiary/aromatic N) is 3. The average molecular weight is 443 g/mol. The van der Waals surface area contributed by atoms with Crippen molar-refractivity contribution in [3.05, 3.63) is 64.7 Å². The fourth-order valence-electron chi connectivity index (χ4n) is 2.34. The van der Waals surface area contributed by atoms with Gasteiger partial charge in [0.25, 0.3) is 0 Å². The Morgan fingerprint density at radius 1 is 1.19 bits per heavy atom. The summed E-state index contributed by atoms with van der Waals surface area (Å²) >= 11 is 6.01. The second-order valence-corrected chi connectivity index (χ2v) is 6.40. The average Bonchev–Trinajstić information content (AvgIpc) is 2.75. The molecule has 0 saturated carbocycles. The number of anilines is 2. The van der Waals surface area contributed by atoms with Crippen LogP contribution in [0.1, 0.15) is 15.9 Å². The number of carboxylic acids is 1. The Morgan fingerprint density at radius 3 is 2.55 bits per heavy atom. The van der Waals surface area contributed by atoms with Crippen molar-refractivity contribution in [1.82, 2.24) is 5.32 Å². The summed E-state index contributed by atoms with van der Waals surface area (Å²) in [5.41, 5.74) is 1.54. The third-order valence-corrected chi connectivity index (χ3v) is 4.01. The minimum atomic E-state index is -1.07. The van der Waals surface area contributed by atoms with E-state index in [0.29, 0.717) is 22.0 Å². The Kier molecular flexibility index (Phi) is 8.43. The maximum Gasteiger partial charge on any atom is 0.335 e. The van der Waals surface area contributed by atoms with Gasteiger partial charge < -0.3 is 15.7 Å².